The maximum Gasteiger partial charge on any atom is 0.223 e. The van der Waals surface area contributed by atoms with Crippen molar-refractivity contribution >= 4 is 55.9 Å². The number of halogens is 3. The molecule has 3 aromatic heterocycles. The van der Waals surface area contributed by atoms with Gasteiger partial charge in [0, 0.05) is 26.7 Å². The van der Waals surface area contributed by atoms with Gasteiger partial charge in [-0.3, -0.25) is 0 Å². The highest BCUT2D eigenvalue weighted by Gasteiger charge is 2.19. The molecule has 0 aliphatic heterocycles. The predicted octanol–water partition coefficient (Wildman–Crippen LogP) is 5.24. The number of pyridine rings is 3. The molecule has 0 saturated heterocycles. The molecule has 3 nitrogen and oxygen atoms in total. The molecule has 6 heteroatoms. The molecule has 0 atom stereocenters. The van der Waals surface area contributed by atoms with E-state index in [2.05, 4.69) is 37.5 Å². The van der Waals surface area contributed by atoms with Gasteiger partial charge >= 0.3 is 0 Å². The van der Waals surface area contributed by atoms with E-state index in [-0.39, 0.29) is 0 Å². The minimum absolute atomic E-state index is 0.301. The number of nitrogens with zero attached hydrogens (tertiary/aromatic N) is 3. The SMILES string of the molecule is Fc1nccc(I)c1-c1nc2ccccc2c2ccnc(Cl)c12. The van der Waals surface area contributed by atoms with Crippen molar-refractivity contribution in [2.24, 2.45) is 0 Å². The van der Waals surface area contributed by atoms with Gasteiger partial charge in [-0.1, -0.05) is 29.8 Å². The highest BCUT2D eigenvalue weighted by atomic mass is 127. The normalized spacial score (nSPS) is 11.3. The van der Waals surface area contributed by atoms with Gasteiger partial charge in [0.1, 0.15) is 5.15 Å². The van der Waals surface area contributed by atoms with E-state index in [1.165, 1.54) is 6.20 Å². The fourth-order valence-corrected chi connectivity index (χ4v) is 3.55. The molecular formula is C17H8ClFIN3. The Balaban J connectivity index is 2.26. The number of fused-ring (bicyclic) bond motifs is 3. The Kier molecular flexibility index (Phi) is 3.61. The number of para-hydroxylation sites is 1. The van der Waals surface area contributed by atoms with Crippen molar-refractivity contribution in [2.75, 3.05) is 0 Å². The fourth-order valence-electron chi connectivity index (χ4n) is 2.67. The van der Waals surface area contributed by atoms with Gasteiger partial charge in [-0.2, -0.15) is 4.39 Å². The average molecular weight is 436 g/mol. The Hall–Kier alpha value is -1.86. The monoisotopic (exact) mass is 435 g/mol. The first kappa shape index (κ1) is 14.7. The second-order valence-electron chi connectivity index (χ2n) is 4.96. The van der Waals surface area contributed by atoms with Crippen LogP contribution in [0.4, 0.5) is 4.39 Å². The van der Waals surface area contributed by atoms with Gasteiger partial charge in [0.15, 0.2) is 0 Å². The summed E-state index contributed by atoms with van der Waals surface area (Å²) in [5.74, 6) is -0.569. The van der Waals surface area contributed by atoms with Crippen molar-refractivity contribution in [1.82, 2.24) is 15.0 Å². The molecule has 0 bridgehead atoms. The van der Waals surface area contributed by atoms with Crippen LogP contribution in [-0.2, 0) is 0 Å². The van der Waals surface area contributed by atoms with Crippen LogP contribution >= 0.6 is 34.2 Å². The van der Waals surface area contributed by atoms with E-state index >= 15 is 0 Å². The highest BCUT2D eigenvalue weighted by molar-refractivity contribution is 14.1. The van der Waals surface area contributed by atoms with Crippen LogP contribution in [0.3, 0.4) is 0 Å². The zero-order valence-corrected chi connectivity index (χ0v) is 14.5. The lowest BCUT2D eigenvalue weighted by Gasteiger charge is -2.12. The van der Waals surface area contributed by atoms with Gasteiger partial charge in [-0.05, 0) is 46.2 Å². The zero-order valence-electron chi connectivity index (χ0n) is 11.6. The van der Waals surface area contributed by atoms with E-state index in [9.17, 15) is 4.39 Å². The number of benzene rings is 1. The maximum absolute atomic E-state index is 14.4. The lowest BCUT2D eigenvalue weighted by Crippen LogP contribution is -1.97. The molecular weight excluding hydrogens is 428 g/mol. The van der Waals surface area contributed by atoms with Gasteiger partial charge in [0.25, 0.3) is 0 Å². The Morgan fingerprint density at radius 1 is 0.957 bits per heavy atom. The van der Waals surface area contributed by atoms with Gasteiger partial charge in [-0.25, -0.2) is 15.0 Å². The van der Waals surface area contributed by atoms with Crippen LogP contribution in [0.15, 0.2) is 48.8 Å². The molecule has 0 unspecified atom stereocenters. The van der Waals surface area contributed by atoms with Crippen LogP contribution in [0.1, 0.15) is 0 Å². The molecule has 0 N–H and O–H groups in total. The second-order valence-corrected chi connectivity index (χ2v) is 6.48. The molecule has 4 rings (SSSR count). The fraction of sp³-hybridized carbons (Fsp3) is 0. The molecule has 4 aromatic rings. The summed E-state index contributed by atoms with van der Waals surface area (Å²) < 4.78 is 15.1. The minimum atomic E-state index is -0.569. The number of rotatable bonds is 1. The number of hydrogen-bond donors (Lipinski definition) is 0. The third-order valence-corrected chi connectivity index (χ3v) is 4.84. The summed E-state index contributed by atoms with van der Waals surface area (Å²) in [4.78, 5) is 12.5. The first-order valence-electron chi connectivity index (χ1n) is 6.80. The smallest absolute Gasteiger partial charge is 0.223 e. The van der Waals surface area contributed by atoms with E-state index in [1.807, 2.05) is 30.3 Å². The van der Waals surface area contributed by atoms with Gasteiger partial charge < -0.3 is 0 Å². The standard InChI is InChI=1S/C17H8ClFIN3/c18-16-13-10(5-7-21-16)9-3-1-2-4-12(9)23-15(13)14-11(20)6-8-22-17(14)19/h1-8H. The lowest BCUT2D eigenvalue weighted by molar-refractivity contribution is 0.586. The van der Waals surface area contributed by atoms with Crippen molar-refractivity contribution < 1.29 is 4.39 Å². The van der Waals surface area contributed by atoms with Crippen molar-refractivity contribution in [3.63, 3.8) is 0 Å². The van der Waals surface area contributed by atoms with E-state index < -0.39 is 5.95 Å². The summed E-state index contributed by atoms with van der Waals surface area (Å²) in [6, 6.07) is 11.3. The molecule has 0 aliphatic rings. The van der Waals surface area contributed by atoms with Crippen LogP contribution in [0, 0.1) is 9.52 Å². The molecule has 23 heavy (non-hydrogen) atoms. The van der Waals surface area contributed by atoms with Gasteiger partial charge in [-0.15, -0.1) is 0 Å². The number of hydrogen-bond acceptors (Lipinski definition) is 3. The maximum atomic E-state index is 14.4. The van der Waals surface area contributed by atoms with Crippen molar-refractivity contribution in [1.29, 1.82) is 0 Å². The zero-order chi connectivity index (χ0) is 16.0. The first-order chi connectivity index (χ1) is 11.2. The van der Waals surface area contributed by atoms with Crippen molar-refractivity contribution in [2.45, 2.75) is 0 Å². The Bertz CT molecular complexity index is 1050. The molecule has 0 amide bonds. The quantitative estimate of drug-likeness (QED) is 0.233. The van der Waals surface area contributed by atoms with Crippen LogP contribution in [0.5, 0.6) is 0 Å². The molecule has 1 aromatic carbocycles. The summed E-state index contributed by atoms with van der Waals surface area (Å²) in [7, 11) is 0. The summed E-state index contributed by atoms with van der Waals surface area (Å²) in [6.07, 6.45) is 3.08. The van der Waals surface area contributed by atoms with Crippen molar-refractivity contribution in [3.05, 3.63) is 63.5 Å². The van der Waals surface area contributed by atoms with Gasteiger partial charge in [0.2, 0.25) is 5.95 Å². The Labute approximate surface area is 149 Å². The van der Waals surface area contributed by atoms with E-state index in [0.717, 1.165) is 19.9 Å². The molecule has 112 valence electrons. The third kappa shape index (κ3) is 2.35. The van der Waals surface area contributed by atoms with E-state index in [0.29, 0.717) is 21.8 Å². The number of aromatic nitrogens is 3. The molecule has 0 fully saturated rings. The van der Waals surface area contributed by atoms with Crippen LogP contribution in [0.25, 0.3) is 32.9 Å². The average Bonchev–Trinajstić information content (AvgIpc) is 2.55. The summed E-state index contributed by atoms with van der Waals surface area (Å²) in [5.41, 5.74) is 1.59. The molecule has 0 saturated carbocycles. The summed E-state index contributed by atoms with van der Waals surface area (Å²) in [6.45, 7) is 0. The van der Waals surface area contributed by atoms with E-state index in [1.54, 1.807) is 12.3 Å². The Morgan fingerprint density at radius 3 is 2.57 bits per heavy atom. The summed E-state index contributed by atoms with van der Waals surface area (Å²) >= 11 is 8.39. The van der Waals surface area contributed by atoms with Crippen LogP contribution in [0.2, 0.25) is 5.15 Å². The molecule has 3 heterocycles. The van der Waals surface area contributed by atoms with Gasteiger partial charge in [0.05, 0.1) is 16.8 Å². The Morgan fingerprint density at radius 2 is 1.74 bits per heavy atom. The molecule has 0 radical (unpaired) electrons. The first-order valence-corrected chi connectivity index (χ1v) is 8.26. The predicted molar refractivity (Wildman–Crippen MR) is 98.0 cm³/mol. The molecule has 0 aliphatic carbocycles. The van der Waals surface area contributed by atoms with Crippen LogP contribution in [-0.4, -0.2) is 15.0 Å². The topological polar surface area (TPSA) is 38.7 Å². The van der Waals surface area contributed by atoms with Crippen LogP contribution < -0.4 is 0 Å². The van der Waals surface area contributed by atoms with E-state index in [4.69, 9.17) is 11.6 Å². The third-order valence-electron chi connectivity index (χ3n) is 3.66. The second kappa shape index (κ2) is 5.65. The highest BCUT2D eigenvalue weighted by Crippen LogP contribution is 2.37. The van der Waals surface area contributed by atoms with Crippen molar-refractivity contribution in [3.8, 4) is 11.3 Å². The largest absolute Gasteiger partial charge is 0.247 e. The molecule has 0 spiro atoms. The summed E-state index contributed by atoms with van der Waals surface area (Å²) in [5, 5.41) is 2.78. The lowest BCUT2D eigenvalue weighted by atomic mass is 10.0. The minimum Gasteiger partial charge on any atom is -0.247 e.